The molecule has 1 saturated heterocycles. The topological polar surface area (TPSA) is 32.7 Å². The zero-order valence-electron chi connectivity index (χ0n) is 15.3. The number of aliphatic imine (C=N–C) groups is 1. The second-order valence-corrected chi connectivity index (χ2v) is 8.90. The maximum Gasteiger partial charge on any atom is 0.267 e. The number of hydrogen-bond donors (Lipinski definition) is 0. The lowest BCUT2D eigenvalue weighted by atomic mass is 9.94. The van der Waals surface area contributed by atoms with Crippen molar-refractivity contribution in [3.63, 3.8) is 0 Å². The number of para-hydroxylation sites is 1. The highest BCUT2D eigenvalue weighted by Gasteiger charge is 2.38. The molecule has 1 heterocycles. The van der Waals surface area contributed by atoms with Gasteiger partial charge in [0.25, 0.3) is 5.91 Å². The summed E-state index contributed by atoms with van der Waals surface area (Å²) in [4.78, 5) is 20.2. The van der Waals surface area contributed by atoms with E-state index < -0.39 is 0 Å². The fraction of sp³-hybridized carbons (Fsp3) is 0.273. The van der Waals surface area contributed by atoms with E-state index in [-0.39, 0.29) is 23.5 Å². The molecule has 2 aromatic rings. The van der Waals surface area contributed by atoms with Crippen LogP contribution in [0.15, 0.2) is 62.9 Å². The van der Waals surface area contributed by atoms with Gasteiger partial charge < -0.3 is 0 Å². The van der Waals surface area contributed by atoms with E-state index in [4.69, 9.17) is 0 Å². The summed E-state index contributed by atoms with van der Waals surface area (Å²) >= 11 is 4.80. The van der Waals surface area contributed by atoms with Crippen LogP contribution in [0.2, 0.25) is 0 Å². The van der Waals surface area contributed by atoms with E-state index in [2.05, 4.69) is 20.9 Å². The molecule has 0 atom stereocenters. The smallest absolute Gasteiger partial charge is 0.267 e. The van der Waals surface area contributed by atoms with Crippen molar-refractivity contribution in [2.45, 2.75) is 38.1 Å². The molecule has 0 spiro atoms. The predicted molar refractivity (Wildman–Crippen MR) is 117 cm³/mol. The molecule has 2 aliphatic rings. The largest absolute Gasteiger partial charge is 0.283 e. The van der Waals surface area contributed by atoms with Crippen LogP contribution in [0.4, 0.5) is 10.1 Å². The molecule has 1 aliphatic carbocycles. The Labute approximate surface area is 176 Å². The van der Waals surface area contributed by atoms with E-state index in [9.17, 15) is 9.18 Å². The number of carbonyl (C=O) groups excluding carboxylic acids is 1. The number of benzene rings is 2. The van der Waals surface area contributed by atoms with Gasteiger partial charge in [-0.05, 0) is 60.5 Å². The second kappa shape index (κ2) is 8.62. The molecule has 3 nitrogen and oxygen atoms in total. The molecular formula is C22H20BrFN2OS. The number of amides is 1. The molecule has 2 aromatic carbocycles. The third-order valence-electron chi connectivity index (χ3n) is 4.99. The number of nitrogens with zero attached hydrogens (tertiary/aromatic N) is 2. The van der Waals surface area contributed by atoms with E-state index in [1.54, 1.807) is 23.1 Å². The van der Waals surface area contributed by atoms with Gasteiger partial charge in [-0.15, -0.1) is 0 Å². The number of hydrogen-bond acceptors (Lipinski definition) is 3. The monoisotopic (exact) mass is 458 g/mol. The number of amidine groups is 1. The predicted octanol–water partition coefficient (Wildman–Crippen LogP) is 6.52. The van der Waals surface area contributed by atoms with Crippen LogP contribution in [0.5, 0.6) is 0 Å². The molecule has 28 heavy (non-hydrogen) atoms. The highest BCUT2D eigenvalue weighted by atomic mass is 79.9. The molecule has 2 fully saturated rings. The minimum Gasteiger partial charge on any atom is -0.283 e. The van der Waals surface area contributed by atoms with Gasteiger partial charge in [-0.1, -0.05) is 59.5 Å². The average molecular weight is 459 g/mol. The Morgan fingerprint density at radius 1 is 1.11 bits per heavy atom. The van der Waals surface area contributed by atoms with E-state index in [1.807, 2.05) is 30.3 Å². The van der Waals surface area contributed by atoms with E-state index in [1.165, 1.54) is 24.2 Å². The first-order valence-corrected chi connectivity index (χ1v) is 11.0. The molecule has 0 unspecified atom stereocenters. The fourth-order valence-corrected chi connectivity index (χ4v) is 5.09. The van der Waals surface area contributed by atoms with Gasteiger partial charge in [0.2, 0.25) is 0 Å². The van der Waals surface area contributed by atoms with Gasteiger partial charge in [-0.25, -0.2) is 9.38 Å². The summed E-state index contributed by atoms with van der Waals surface area (Å²) in [6.07, 6.45) is 7.23. The summed E-state index contributed by atoms with van der Waals surface area (Å²) in [7, 11) is 0. The number of halogens is 2. The maximum absolute atomic E-state index is 14.2. The van der Waals surface area contributed by atoms with Crippen molar-refractivity contribution in [3.8, 4) is 0 Å². The van der Waals surface area contributed by atoms with Gasteiger partial charge in [-0.3, -0.25) is 9.69 Å². The van der Waals surface area contributed by atoms with Crippen LogP contribution < -0.4 is 0 Å². The first-order valence-electron chi connectivity index (χ1n) is 9.44. The normalized spacial score (nSPS) is 21.1. The third kappa shape index (κ3) is 4.23. The highest BCUT2D eigenvalue weighted by molar-refractivity contribution is 9.10. The van der Waals surface area contributed by atoms with Crippen molar-refractivity contribution in [2.75, 3.05) is 0 Å². The minimum absolute atomic E-state index is 0.0352. The Hall–Kier alpha value is -1.92. The lowest BCUT2D eigenvalue weighted by Gasteiger charge is -2.30. The molecule has 0 N–H and O–H groups in total. The van der Waals surface area contributed by atoms with Crippen LogP contribution in [-0.2, 0) is 4.79 Å². The number of carbonyl (C=O) groups is 1. The van der Waals surface area contributed by atoms with Gasteiger partial charge in [0.1, 0.15) is 11.5 Å². The first-order chi connectivity index (χ1) is 13.6. The SMILES string of the molecule is O=C1/C(=C/c2cccc(Br)c2)SC(=Nc2ccccc2F)N1C1CCCCC1. The van der Waals surface area contributed by atoms with Gasteiger partial charge in [0.05, 0.1) is 4.91 Å². The summed E-state index contributed by atoms with van der Waals surface area (Å²) in [5, 5.41) is 0.572. The molecule has 0 aromatic heterocycles. The maximum atomic E-state index is 14.2. The van der Waals surface area contributed by atoms with Crippen LogP contribution in [0.25, 0.3) is 6.08 Å². The van der Waals surface area contributed by atoms with Crippen molar-refractivity contribution in [1.82, 2.24) is 4.90 Å². The molecule has 6 heteroatoms. The molecule has 4 rings (SSSR count). The molecular weight excluding hydrogens is 439 g/mol. The van der Waals surface area contributed by atoms with Crippen molar-refractivity contribution in [2.24, 2.45) is 4.99 Å². The van der Waals surface area contributed by atoms with Gasteiger partial charge in [0.15, 0.2) is 5.17 Å². The zero-order chi connectivity index (χ0) is 19.5. The molecule has 1 aliphatic heterocycles. The van der Waals surface area contributed by atoms with Gasteiger partial charge >= 0.3 is 0 Å². The Kier molecular flexibility index (Phi) is 5.97. The second-order valence-electron chi connectivity index (χ2n) is 6.98. The summed E-state index contributed by atoms with van der Waals surface area (Å²) < 4.78 is 15.1. The van der Waals surface area contributed by atoms with Crippen molar-refractivity contribution in [1.29, 1.82) is 0 Å². The Balaban J connectivity index is 1.72. The molecule has 0 bridgehead atoms. The quantitative estimate of drug-likeness (QED) is 0.490. The molecule has 1 saturated carbocycles. The van der Waals surface area contributed by atoms with Crippen LogP contribution in [-0.4, -0.2) is 22.0 Å². The summed E-state index contributed by atoms with van der Waals surface area (Å²) in [6.45, 7) is 0. The van der Waals surface area contributed by atoms with E-state index in [0.717, 1.165) is 35.7 Å². The molecule has 144 valence electrons. The van der Waals surface area contributed by atoms with Crippen molar-refractivity contribution in [3.05, 3.63) is 69.3 Å². The van der Waals surface area contributed by atoms with Gasteiger partial charge in [-0.2, -0.15) is 0 Å². The summed E-state index contributed by atoms with van der Waals surface area (Å²) in [5.74, 6) is -0.414. The Morgan fingerprint density at radius 2 is 1.89 bits per heavy atom. The van der Waals surface area contributed by atoms with Crippen molar-refractivity contribution >= 4 is 50.5 Å². The Morgan fingerprint density at radius 3 is 2.64 bits per heavy atom. The summed E-state index contributed by atoms with van der Waals surface area (Å²) in [5.41, 5.74) is 1.21. The minimum atomic E-state index is -0.379. The zero-order valence-corrected chi connectivity index (χ0v) is 17.7. The van der Waals surface area contributed by atoms with Crippen molar-refractivity contribution < 1.29 is 9.18 Å². The third-order valence-corrected chi connectivity index (χ3v) is 6.47. The Bertz CT molecular complexity index is 953. The van der Waals surface area contributed by atoms with Crippen LogP contribution in [0, 0.1) is 5.82 Å². The number of rotatable bonds is 3. The van der Waals surface area contributed by atoms with Gasteiger partial charge in [0, 0.05) is 10.5 Å². The van der Waals surface area contributed by atoms with Crippen LogP contribution in [0.1, 0.15) is 37.7 Å². The van der Waals surface area contributed by atoms with Crippen LogP contribution in [0.3, 0.4) is 0 Å². The number of thioether (sulfide) groups is 1. The lowest BCUT2D eigenvalue weighted by Crippen LogP contribution is -2.40. The fourth-order valence-electron chi connectivity index (χ4n) is 3.62. The van der Waals surface area contributed by atoms with E-state index >= 15 is 0 Å². The molecule has 0 radical (unpaired) electrons. The van der Waals surface area contributed by atoms with Crippen LogP contribution >= 0.6 is 27.7 Å². The lowest BCUT2D eigenvalue weighted by molar-refractivity contribution is -0.124. The molecule has 1 amide bonds. The first kappa shape index (κ1) is 19.4. The van der Waals surface area contributed by atoms with E-state index in [0.29, 0.717) is 10.1 Å². The highest BCUT2D eigenvalue weighted by Crippen LogP contribution is 2.38. The average Bonchev–Trinajstić information content (AvgIpc) is 2.99. The summed E-state index contributed by atoms with van der Waals surface area (Å²) in [6, 6.07) is 14.4. The standard InChI is InChI=1S/C22H20BrFN2OS/c23-16-8-6-7-15(13-16)14-20-21(27)26(17-9-2-1-3-10-17)22(28-20)25-19-12-5-4-11-18(19)24/h4-8,11-14,17H,1-3,9-10H2/b20-14-,25-22?.